The number of carbonyl (C=O) groups is 1. The summed E-state index contributed by atoms with van der Waals surface area (Å²) in [5.74, 6) is -1.37. The van der Waals surface area contributed by atoms with Gasteiger partial charge in [-0.25, -0.2) is 4.79 Å². The third-order valence-corrected chi connectivity index (χ3v) is 3.56. The highest BCUT2D eigenvalue weighted by Crippen LogP contribution is 2.35. The lowest BCUT2D eigenvalue weighted by Gasteiger charge is -2.37. The molecule has 0 aromatic rings. The van der Waals surface area contributed by atoms with Gasteiger partial charge in [0, 0.05) is 0 Å². The molecule has 0 rings (SSSR count). The number of carboxylic acids is 1. The maximum absolute atomic E-state index is 11.3. The van der Waals surface area contributed by atoms with Gasteiger partial charge in [-0.3, -0.25) is 0 Å². The molecule has 0 saturated heterocycles. The molecule has 0 aromatic heterocycles. The number of aliphatic hydroxyl groups is 1. The Morgan fingerprint density at radius 3 is 1.40 bits per heavy atom. The van der Waals surface area contributed by atoms with Gasteiger partial charge in [0.25, 0.3) is 0 Å². The van der Waals surface area contributed by atoms with Gasteiger partial charge in [-0.1, -0.05) is 27.7 Å². The molecule has 0 aromatic carbocycles. The fourth-order valence-corrected chi connectivity index (χ4v) is 2.50. The monoisotopic (exact) mass is 216 g/mol. The number of hydrogen-bond acceptors (Lipinski definition) is 2. The fraction of sp³-hybridized carbons (Fsp3) is 0.917. The van der Waals surface area contributed by atoms with Gasteiger partial charge in [0.1, 0.15) is 0 Å². The molecule has 0 spiro atoms. The van der Waals surface area contributed by atoms with Crippen molar-refractivity contribution in [1.29, 1.82) is 0 Å². The molecule has 0 fully saturated rings. The van der Waals surface area contributed by atoms with E-state index in [1.807, 2.05) is 27.7 Å². The summed E-state index contributed by atoms with van der Waals surface area (Å²) in [5.41, 5.74) is -1.55. The van der Waals surface area contributed by atoms with Gasteiger partial charge < -0.3 is 10.2 Å². The van der Waals surface area contributed by atoms with Crippen molar-refractivity contribution in [3.8, 4) is 0 Å². The molecule has 0 unspecified atom stereocenters. The number of rotatable bonds is 7. The molecule has 2 N–H and O–H groups in total. The minimum Gasteiger partial charge on any atom is -0.479 e. The van der Waals surface area contributed by atoms with Gasteiger partial charge >= 0.3 is 5.97 Å². The van der Waals surface area contributed by atoms with E-state index in [2.05, 4.69) is 0 Å². The van der Waals surface area contributed by atoms with E-state index in [1.54, 1.807) is 0 Å². The number of carboxylic acid groups (broad SMARTS) is 1. The molecule has 0 aliphatic rings. The Bertz CT molecular complexity index is 181. The van der Waals surface area contributed by atoms with Crippen LogP contribution in [0.3, 0.4) is 0 Å². The summed E-state index contributed by atoms with van der Waals surface area (Å²) >= 11 is 0. The Morgan fingerprint density at radius 1 is 1.00 bits per heavy atom. The van der Waals surface area contributed by atoms with Crippen LogP contribution in [0.25, 0.3) is 0 Å². The molecular formula is C12H24O3. The fourth-order valence-electron chi connectivity index (χ4n) is 2.50. The van der Waals surface area contributed by atoms with Crippen molar-refractivity contribution >= 4 is 5.97 Å². The Balaban J connectivity index is 5.10. The van der Waals surface area contributed by atoms with Crippen molar-refractivity contribution < 1.29 is 15.0 Å². The molecule has 0 saturated carbocycles. The molecule has 0 aliphatic heterocycles. The first-order chi connectivity index (χ1) is 6.98. The predicted molar refractivity (Wildman–Crippen MR) is 60.7 cm³/mol. The summed E-state index contributed by atoms with van der Waals surface area (Å²) in [4.78, 5) is 11.3. The van der Waals surface area contributed by atoms with Crippen LogP contribution in [0.1, 0.15) is 53.4 Å². The molecule has 90 valence electrons. The number of aliphatic carboxylic acids is 1. The zero-order chi connectivity index (χ0) is 12.1. The van der Waals surface area contributed by atoms with Crippen molar-refractivity contribution in [2.75, 3.05) is 0 Å². The maximum Gasteiger partial charge on any atom is 0.336 e. The maximum atomic E-state index is 11.3. The summed E-state index contributed by atoms with van der Waals surface area (Å²) in [5, 5.41) is 19.7. The molecule has 0 heterocycles. The van der Waals surface area contributed by atoms with Crippen LogP contribution in [0.15, 0.2) is 0 Å². The minimum atomic E-state index is -1.55. The third kappa shape index (κ3) is 2.71. The second-order valence-electron chi connectivity index (χ2n) is 4.16. The van der Waals surface area contributed by atoms with E-state index in [-0.39, 0.29) is 11.8 Å². The van der Waals surface area contributed by atoms with E-state index in [4.69, 9.17) is 0 Å². The van der Waals surface area contributed by atoms with Crippen molar-refractivity contribution in [2.24, 2.45) is 11.8 Å². The van der Waals surface area contributed by atoms with Crippen molar-refractivity contribution in [2.45, 2.75) is 59.0 Å². The molecule has 0 atom stereocenters. The average Bonchev–Trinajstić information content (AvgIpc) is 2.21. The smallest absolute Gasteiger partial charge is 0.336 e. The second-order valence-corrected chi connectivity index (χ2v) is 4.16. The summed E-state index contributed by atoms with van der Waals surface area (Å²) in [6.07, 6.45) is 2.82. The highest BCUT2D eigenvalue weighted by atomic mass is 16.4. The minimum absolute atomic E-state index is 0.153. The SMILES string of the molecule is CCC(CC)C(O)(C(=O)O)C(CC)CC. The van der Waals surface area contributed by atoms with Crippen LogP contribution in [-0.2, 0) is 4.79 Å². The van der Waals surface area contributed by atoms with Gasteiger partial charge in [0.05, 0.1) is 0 Å². The third-order valence-electron chi connectivity index (χ3n) is 3.56. The van der Waals surface area contributed by atoms with Crippen LogP contribution in [0.4, 0.5) is 0 Å². The molecule has 0 aliphatic carbocycles. The molecule has 0 amide bonds. The molecular weight excluding hydrogens is 192 g/mol. The lowest BCUT2D eigenvalue weighted by Crippen LogP contribution is -2.51. The van der Waals surface area contributed by atoms with E-state index in [0.29, 0.717) is 25.7 Å². The van der Waals surface area contributed by atoms with Crippen LogP contribution in [0.2, 0.25) is 0 Å². The van der Waals surface area contributed by atoms with Gasteiger partial charge in [0.15, 0.2) is 5.60 Å². The lowest BCUT2D eigenvalue weighted by atomic mass is 9.72. The topological polar surface area (TPSA) is 57.5 Å². The Hall–Kier alpha value is -0.570. The molecule has 0 radical (unpaired) electrons. The summed E-state index contributed by atoms with van der Waals surface area (Å²) in [7, 11) is 0. The van der Waals surface area contributed by atoms with Gasteiger partial charge in [-0.2, -0.15) is 0 Å². The van der Waals surface area contributed by atoms with Crippen LogP contribution >= 0.6 is 0 Å². The lowest BCUT2D eigenvalue weighted by molar-refractivity contribution is -0.175. The molecule has 3 nitrogen and oxygen atoms in total. The zero-order valence-corrected chi connectivity index (χ0v) is 10.3. The molecule has 0 bridgehead atoms. The second kappa shape index (κ2) is 6.11. The summed E-state index contributed by atoms with van der Waals surface area (Å²) < 4.78 is 0. The van der Waals surface area contributed by atoms with E-state index >= 15 is 0 Å². The predicted octanol–water partition coefficient (Wildman–Crippen LogP) is 2.67. The molecule has 15 heavy (non-hydrogen) atoms. The quantitative estimate of drug-likeness (QED) is 0.688. The van der Waals surface area contributed by atoms with E-state index < -0.39 is 11.6 Å². The summed E-state index contributed by atoms with van der Waals surface area (Å²) in [6.45, 7) is 7.74. The van der Waals surface area contributed by atoms with Crippen molar-refractivity contribution in [3.63, 3.8) is 0 Å². The zero-order valence-electron chi connectivity index (χ0n) is 10.3. The van der Waals surface area contributed by atoms with Gasteiger partial charge in [0.2, 0.25) is 0 Å². The highest BCUT2D eigenvalue weighted by molar-refractivity contribution is 5.78. The first-order valence-corrected chi connectivity index (χ1v) is 5.94. The van der Waals surface area contributed by atoms with Crippen LogP contribution in [0, 0.1) is 11.8 Å². The number of hydrogen-bond donors (Lipinski definition) is 2. The first-order valence-electron chi connectivity index (χ1n) is 5.94. The van der Waals surface area contributed by atoms with E-state index in [0.717, 1.165) is 0 Å². The Morgan fingerprint density at radius 2 is 1.27 bits per heavy atom. The van der Waals surface area contributed by atoms with E-state index in [9.17, 15) is 15.0 Å². The summed E-state index contributed by atoms with van der Waals surface area (Å²) in [6, 6.07) is 0. The largest absolute Gasteiger partial charge is 0.479 e. The van der Waals surface area contributed by atoms with Crippen LogP contribution in [-0.4, -0.2) is 21.8 Å². The Kier molecular flexibility index (Phi) is 5.88. The standard InChI is InChI=1S/C12H24O3/c1-5-9(6-2)12(15,11(13)14)10(7-3)8-4/h9-10,15H,5-8H2,1-4H3,(H,13,14). The van der Waals surface area contributed by atoms with Crippen molar-refractivity contribution in [3.05, 3.63) is 0 Å². The van der Waals surface area contributed by atoms with Gasteiger partial charge in [-0.15, -0.1) is 0 Å². The average molecular weight is 216 g/mol. The van der Waals surface area contributed by atoms with E-state index in [1.165, 1.54) is 0 Å². The molecule has 3 heteroatoms. The van der Waals surface area contributed by atoms with Crippen LogP contribution < -0.4 is 0 Å². The van der Waals surface area contributed by atoms with Gasteiger partial charge in [-0.05, 0) is 37.5 Å². The highest BCUT2D eigenvalue weighted by Gasteiger charge is 2.47. The van der Waals surface area contributed by atoms with Crippen molar-refractivity contribution in [1.82, 2.24) is 0 Å². The Labute approximate surface area is 92.5 Å². The first kappa shape index (κ1) is 14.4. The normalized spacial score (nSPS) is 12.5. The van der Waals surface area contributed by atoms with Crippen LogP contribution in [0.5, 0.6) is 0 Å².